The van der Waals surface area contributed by atoms with E-state index in [-0.39, 0.29) is 24.8 Å². The summed E-state index contributed by atoms with van der Waals surface area (Å²) in [6.07, 6.45) is -0.517. The van der Waals surface area contributed by atoms with Gasteiger partial charge in [0.25, 0.3) is 0 Å². The minimum atomic E-state index is -0.517. The summed E-state index contributed by atoms with van der Waals surface area (Å²) in [4.78, 5) is 0. The van der Waals surface area contributed by atoms with Crippen LogP contribution in [-0.4, -0.2) is 41.2 Å². The number of hydrogen-bond donors (Lipinski definition) is 4. The molecule has 0 radical (unpaired) electrons. The summed E-state index contributed by atoms with van der Waals surface area (Å²) in [5, 5.41) is 26.0. The number of hydrogen-bond acceptors (Lipinski definition) is 3. The zero-order valence-electron chi connectivity index (χ0n) is 5.54. The van der Waals surface area contributed by atoms with Crippen LogP contribution in [0.5, 0.6) is 0 Å². The average molecular weight is 136 g/mol. The lowest BCUT2D eigenvalue weighted by Crippen LogP contribution is -3.11. The molecular formula is C5H14NO3+. The van der Waals surface area contributed by atoms with Gasteiger partial charge in [-0.2, -0.15) is 5.06 Å². The monoisotopic (exact) mass is 136 g/mol. The second-order valence-corrected chi connectivity index (χ2v) is 2.09. The van der Waals surface area contributed by atoms with E-state index < -0.39 is 6.10 Å². The molecule has 56 valence electrons. The van der Waals surface area contributed by atoms with Crippen LogP contribution >= 0.6 is 0 Å². The Hall–Kier alpha value is -0.160. The van der Waals surface area contributed by atoms with E-state index in [1.54, 1.807) is 6.92 Å². The van der Waals surface area contributed by atoms with E-state index in [0.29, 0.717) is 0 Å². The van der Waals surface area contributed by atoms with Gasteiger partial charge in [0, 0.05) is 0 Å². The van der Waals surface area contributed by atoms with Gasteiger partial charge in [0.05, 0.1) is 6.61 Å². The summed E-state index contributed by atoms with van der Waals surface area (Å²) < 4.78 is 0. The number of rotatable bonds is 4. The molecule has 0 saturated heterocycles. The molecule has 0 fully saturated rings. The molecule has 2 atom stereocenters. The second kappa shape index (κ2) is 4.69. The molecule has 0 aromatic carbocycles. The van der Waals surface area contributed by atoms with Crippen molar-refractivity contribution in [3.05, 3.63) is 0 Å². The van der Waals surface area contributed by atoms with Gasteiger partial charge in [-0.25, -0.2) is 5.21 Å². The molecule has 0 saturated carbocycles. The number of aliphatic hydroxyl groups excluding tert-OH is 2. The van der Waals surface area contributed by atoms with Crippen molar-refractivity contribution in [2.24, 2.45) is 0 Å². The normalized spacial score (nSPS) is 17.3. The summed E-state index contributed by atoms with van der Waals surface area (Å²) in [6, 6.07) is 0. The highest BCUT2D eigenvalue weighted by molar-refractivity contribution is 4.36. The summed E-state index contributed by atoms with van der Waals surface area (Å²) in [7, 11) is 0. The van der Waals surface area contributed by atoms with Gasteiger partial charge in [-0.15, -0.1) is 0 Å². The molecule has 0 aliphatic carbocycles. The fraction of sp³-hybridized carbons (Fsp3) is 1.00. The Labute approximate surface area is 54.3 Å². The predicted octanol–water partition coefficient (Wildman–Crippen LogP) is -2.37. The van der Waals surface area contributed by atoms with Crippen molar-refractivity contribution >= 4 is 0 Å². The Bertz CT molecular complexity index is 67.2. The van der Waals surface area contributed by atoms with Gasteiger partial charge in [0.1, 0.15) is 19.2 Å². The van der Waals surface area contributed by atoms with Crippen LogP contribution in [0.15, 0.2) is 0 Å². The average Bonchev–Trinajstić information content (AvgIpc) is 1.63. The smallest absolute Gasteiger partial charge is 0.133 e. The molecule has 0 aliphatic rings. The Balaban J connectivity index is 3.15. The highest BCUT2D eigenvalue weighted by Crippen LogP contribution is 1.67. The first-order chi connectivity index (χ1) is 4.16. The molecule has 0 heterocycles. The number of quaternary nitrogens is 1. The Morgan fingerprint density at radius 2 is 2.11 bits per heavy atom. The third kappa shape index (κ3) is 5.72. The molecule has 0 rings (SSSR count). The predicted molar refractivity (Wildman–Crippen MR) is 31.2 cm³/mol. The molecule has 0 aromatic heterocycles. The maximum absolute atomic E-state index is 8.82. The summed E-state index contributed by atoms with van der Waals surface area (Å²) >= 11 is 0. The number of hydroxylamine groups is 2. The maximum Gasteiger partial charge on any atom is 0.133 e. The highest BCUT2D eigenvalue weighted by atomic mass is 16.5. The van der Waals surface area contributed by atoms with Crippen molar-refractivity contribution in [1.82, 2.24) is 0 Å². The first-order valence-electron chi connectivity index (χ1n) is 2.99. The van der Waals surface area contributed by atoms with Crippen molar-refractivity contribution in [2.45, 2.75) is 13.0 Å². The fourth-order valence-corrected chi connectivity index (χ4v) is 0.572. The van der Waals surface area contributed by atoms with Crippen molar-refractivity contribution < 1.29 is 20.5 Å². The third-order valence-corrected chi connectivity index (χ3v) is 0.931. The van der Waals surface area contributed by atoms with Crippen molar-refractivity contribution in [3.63, 3.8) is 0 Å². The molecule has 0 amide bonds. The van der Waals surface area contributed by atoms with Crippen LogP contribution in [0.25, 0.3) is 0 Å². The van der Waals surface area contributed by atoms with Gasteiger partial charge in [-0.3, -0.25) is 0 Å². The van der Waals surface area contributed by atoms with Crippen LogP contribution in [0.1, 0.15) is 6.92 Å². The fourth-order valence-electron chi connectivity index (χ4n) is 0.572. The van der Waals surface area contributed by atoms with Crippen LogP contribution in [0.2, 0.25) is 0 Å². The van der Waals surface area contributed by atoms with E-state index >= 15 is 0 Å². The molecule has 0 bridgehead atoms. The maximum atomic E-state index is 8.82. The Morgan fingerprint density at radius 1 is 1.56 bits per heavy atom. The topological polar surface area (TPSA) is 65.1 Å². The van der Waals surface area contributed by atoms with Gasteiger partial charge in [0.2, 0.25) is 0 Å². The second-order valence-electron chi connectivity index (χ2n) is 2.09. The Kier molecular flexibility index (Phi) is 4.61. The van der Waals surface area contributed by atoms with Crippen LogP contribution in [0.4, 0.5) is 0 Å². The molecule has 4 N–H and O–H groups in total. The lowest BCUT2D eigenvalue weighted by Gasteiger charge is -2.09. The van der Waals surface area contributed by atoms with Crippen molar-refractivity contribution in [1.29, 1.82) is 0 Å². The molecule has 0 spiro atoms. The van der Waals surface area contributed by atoms with Gasteiger partial charge < -0.3 is 10.2 Å². The first kappa shape index (κ1) is 8.84. The van der Waals surface area contributed by atoms with Gasteiger partial charge in [0.15, 0.2) is 0 Å². The van der Waals surface area contributed by atoms with E-state index in [2.05, 4.69) is 0 Å². The zero-order valence-corrected chi connectivity index (χ0v) is 5.54. The highest BCUT2D eigenvalue weighted by Gasteiger charge is 2.06. The summed E-state index contributed by atoms with van der Waals surface area (Å²) in [5.74, 6) is 0. The summed E-state index contributed by atoms with van der Waals surface area (Å²) in [6.45, 7) is 2.07. The van der Waals surface area contributed by atoms with Gasteiger partial charge >= 0.3 is 0 Å². The van der Waals surface area contributed by atoms with E-state index in [0.717, 1.165) is 0 Å². The molecule has 4 nitrogen and oxygen atoms in total. The lowest BCUT2D eigenvalue weighted by atomic mass is 10.4. The minimum absolute atomic E-state index is 0.0570. The largest absolute Gasteiger partial charge is 0.390 e. The standard InChI is InChI=1S/C5H13NO3/c1-5(8)4-6(9)2-3-7/h5,7-9H,2-4H2,1H3/p+1. The van der Waals surface area contributed by atoms with Crippen LogP contribution in [0, 0.1) is 0 Å². The molecular weight excluding hydrogens is 122 g/mol. The van der Waals surface area contributed by atoms with Gasteiger partial charge in [-0.1, -0.05) is 0 Å². The quantitative estimate of drug-likeness (QED) is 0.327. The number of aliphatic hydroxyl groups is 2. The molecule has 2 unspecified atom stereocenters. The van der Waals surface area contributed by atoms with E-state index in [1.807, 2.05) is 0 Å². The van der Waals surface area contributed by atoms with Crippen molar-refractivity contribution in [3.8, 4) is 0 Å². The molecule has 9 heavy (non-hydrogen) atoms. The van der Waals surface area contributed by atoms with E-state index in [1.165, 1.54) is 0 Å². The van der Waals surface area contributed by atoms with Crippen LogP contribution in [-0.2, 0) is 0 Å². The van der Waals surface area contributed by atoms with Gasteiger partial charge in [-0.05, 0) is 6.92 Å². The van der Waals surface area contributed by atoms with Crippen LogP contribution < -0.4 is 5.06 Å². The summed E-state index contributed by atoms with van der Waals surface area (Å²) in [5.41, 5.74) is 0. The number of nitrogens with one attached hydrogen (secondary N) is 1. The zero-order chi connectivity index (χ0) is 7.28. The van der Waals surface area contributed by atoms with E-state index in [4.69, 9.17) is 15.4 Å². The van der Waals surface area contributed by atoms with Crippen molar-refractivity contribution in [2.75, 3.05) is 19.7 Å². The van der Waals surface area contributed by atoms with Crippen LogP contribution in [0.3, 0.4) is 0 Å². The van der Waals surface area contributed by atoms with E-state index in [9.17, 15) is 0 Å². The third-order valence-electron chi connectivity index (χ3n) is 0.931. The SMILES string of the molecule is CC(O)C[NH+](O)CCO. The first-order valence-corrected chi connectivity index (χ1v) is 2.99. The lowest BCUT2D eigenvalue weighted by molar-refractivity contribution is -1.09. The molecule has 0 aromatic rings. The molecule has 4 heteroatoms. The minimum Gasteiger partial charge on any atom is -0.390 e. The Morgan fingerprint density at radius 3 is 2.44 bits per heavy atom. The molecule has 0 aliphatic heterocycles.